The monoisotopic (exact) mass is 325 g/mol. The van der Waals surface area contributed by atoms with Crippen LogP contribution in [0.3, 0.4) is 0 Å². The molecular weight excluding hydrogens is 306 g/mol. The van der Waals surface area contributed by atoms with Gasteiger partial charge in [0.15, 0.2) is 0 Å². The Bertz CT molecular complexity index is 617. The number of anilines is 1. The van der Waals surface area contributed by atoms with E-state index in [-0.39, 0.29) is 25.3 Å². The molecule has 0 amide bonds. The molecule has 3 atom stereocenters. The summed E-state index contributed by atoms with van der Waals surface area (Å²) < 4.78 is 11.8. The Kier molecular flexibility index (Phi) is 5.83. The Labute approximate surface area is 132 Å². The Morgan fingerprint density at radius 1 is 1.61 bits per heavy atom. The van der Waals surface area contributed by atoms with Crippen molar-refractivity contribution in [3.8, 4) is 0 Å². The lowest BCUT2D eigenvalue weighted by atomic mass is 10.2. The number of unbranched alkanes of at least 4 members (excludes halogenated alkanes) is 1. The predicted molar refractivity (Wildman–Crippen MR) is 78.3 cm³/mol. The van der Waals surface area contributed by atoms with Gasteiger partial charge in [0, 0.05) is 25.5 Å². The predicted octanol–water partition coefficient (Wildman–Crippen LogP) is -0.614. The van der Waals surface area contributed by atoms with Gasteiger partial charge in [-0.1, -0.05) is 0 Å². The summed E-state index contributed by atoms with van der Waals surface area (Å²) in [6.45, 7) is -0.116. The van der Waals surface area contributed by atoms with E-state index in [0.717, 1.165) is 6.29 Å². The molecule has 126 valence electrons. The quantitative estimate of drug-likeness (QED) is 0.385. The lowest BCUT2D eigenvalue weighted by Crippen LogP contribution is -2.29. The highest BCUT2D eigenvalue weighted by molar-refractivity contribution is 5.69. The average molecular weight is 325 g/mol. The van der Waals surface area contributed by atoms with E-state index in [1.54, 1.807) is 0 Å². The third kappa shape index (κ3) is 4.60. The van der Waals surface area contributed by atoms with Gasteiger partial charge in [0.2, 0.25) is 0 Å². The summed E-state index contributed by atoms with van der Waals surface area (Å²) in [7, 11) is 0. The van der Waals surface area contributed by atoms with Gasteiger partial charge in [0.25, 0.3) is 0 Å². The highest BCUT2D eigenvalue weighted by atomic mass is 16.6. The van der Waals surface area contributed by atoms with Crippen LogP contribution in [0.1, 0.15) is 31.9 Å². The molecule has 2 rings (SSSR count). The number of nitrogens with zero attached hydrogens (tertiary/aromatic N) is 2. The zero-order valence-corrected chi connectivity index (χ0v) is 12.5. The van der Waals surface area contributed by atoms with E-state index in [1.807, 2.05) is 0 Å². The normalized spacial score (nSPS) is 23.6. The number of aliphatic hydroxyl groups excluding tert-OH is 1. The van der Waals surface area contributed by atoms with Gasteiger partial charge < -0.3 is 25.1 Å². The minimum absolute atomic E-state index is 0.102. The van der Waals surface area contributed by atoms with E-state index >= 15 is 0 Å². The first-order valence-electron chi connectivity index (χ1n) is 7.28. The molecule has 0 unspecified atom stereocenters. The molecule has 0 bridgehead atoms. The molecule has 0 radical (unpaired) electrons. The minimum Gasteiger partial charge on any atom is -0.463 e. The number of hydrogen-bond acceptors (Lipinski definition) is 8. The molecule has 2 heterocycles. The van der Waals surface area contributed by atoms with Gasteiger partial charge in [-0.2, -0.15) is 4.98 Å². The number of rotatable bonds is 7. The standard InChI is InChI=1S/C14H19N3O6/c15-11-4-5-17(14(21)16-11)12-7-9(19)10(23-12)8-22-13(20)3-1-2-6-18/h4-6,9-10,12,19H,1-3,7-8H2,(H2,15,16,21)/t9-,10+,12+/m0/s1. The van der Waals surface area contributed by atoms with Gasteiger partial charge in [0.05, 0.1) is 6.10 Å². The molecule has 23 heavy (non-hydrogen) atoms. The first-order valence-corrected chi connectivity index (χ1v) is 7.28. The third-order valence-corrected chi connectivity index (χ3v) is 3.48. The molecule has 9 nitrogen and oxygen atoms in total. The van der Waals surface area contributed by atoms with Gasteiger partial charge in [-0.05, 0) is 12.5 Å². The summed E-state index contributed by atoms with van der Waals surface area (Å²) in [6.07, 6.45) is 0.926. The molecule has 1 saturated heterocycles. The van der Waals surface area contributed by atoms with Crippen LogP contribution in [0.2, 0.25) is 0 Å². The Morgan fingerprint density at radius 2 is 2.39 bits per heavy atom. The van der Waals surface area contributed by atoms with Crippen LogP contribution < -0.4 is 11.4 Å². The van der Waals surface area contributed by atoms with Gasteiger partial charge in [-0.15, -0.1) is 0 Å². The molecular formula is C14H19N3O6. The number of hydrogen-bond donors (Lipinski definition) is 2. The van der Waals surface area contributed by atoms with Crippen molar-refractivity contribution < 1.29 is 24.2 Å². The van der Waals surface area contributed by atoms with Crippen LogP contribution in [0.15, 0.2) is 17.1 Å². The van der Waals surface area contributed by atoms with Gasteiger partial charge >= 0.3 is 11.7 Å². The van der Waals surface area contributed by atoms with Crippen LogP contribution in [0.4, 0.5) is 5.82 Å². The maximum absolute atomic E-state index is 11.7. The van der Waals surface area contributed by atoms with E-state index in [9.17, 15) is 19.5 Å². The van der Waals surface area contributed by atoms with Crippen LogP contribution >= 0.6 is 0 Å². The SMILES string of the molecule is Nc1ccn([C@H]2C[C@H](O)[C@@H](COC(=O)CCCC=O)O2)c(=O)n1. The second-order valence-corrected chi connectivity index (χ2v) is 5.22. The Morgan fingerprint density at radius 3 is 3.09 bits per heavy atom. The van der Waals surface area contributed by atoms with E-state index < -0.39 is 30.1 Å². The number of carbonyl (C=O) groups excluding carboxylic acids is 2. The van der Waals surface area contributed by atoms with Crippen LogP contribution in [0, 0.1) is 0 Å². The largest absolute Gasteiger partial charge is 0.463 e. The number of aromatic nitrogens is 2. The molecule has 9 heteroatoms. The van der Waals surface area contributed by atoms with Crippen molar-refractivity contribution in [1.29, 1.82) is 0 Å². The summed E-state index contributed by atoms with van der Waals surface area (Å²) in [6, 6.07) is 1.46. The summed E-state index contributed by atoms with van der Waals surface area (Å²) in [5, 5.41) is 9.97. The third-order valence-electron chi connectivity index (χ3n) is 3.48. The van der Waals surface area contributed by atoms with Gasteiger partial charge in [0.1, 0.15) is 31.0 Å². The fourth-order valence-electron chi connectivity index (χ4n) is 2.26. The second-order valence-electron chi connectivity index (χ2n) is 5.22. The van der Waals surface area contributed by atoms with Crippen LogP contribution in [0.25, 0.3) is 0 Å². The van der Waals surface area contributed by atoms with E-state index in [0.29, 0.717) is 12.8 Å². The maximum Gasteiger partial charge on any atom is 0.351 e. The molecule has 3 N–H and O–H groups in total. The highest BCUT2D eigenvalue weighted by Crippen LogP contribution is 2.27. The summed E-state index contributed by atoms with van der Waals surface area (Å²) in [5.41, 5.74) is 4.84. The number of aliphatic hydroxyl groups is 1. The number of esters is 1. The maximum atomic E-state index is 11.7. The zero-order chi connectivity index (χ0) is 16.8. The topological polar surface area (TPSA) is 134 Å². The first-order chi connectivity index (χ1) is 11.0. The molecule has 0 spiro atoms. The number of nitrogen functional groups attached to an aromatic ring is 1. The van der Waals surface area contributed by atoms with Gasteiger partial charge in [-0.25, -0.2) is 4.79 Å². The minimum atomic E-state index is -0.868. The van der Waals surface area contributed by atoms with E-state index in [1.165, 1.54) is 16.8 Å². The summed E-state index contributed by atoms with van der Waals surface area (Å²) >= 11 is 0. The molecule has 1 aromatic rings. The molecule has 1 aliphatic rings. The van der Waals surface area contributed by atoms with Crippen LogP contribution in [-0.4, -0.2) is 45.7 Å². The molecule has 0 saturated carbocycles. The fourth-order valence-corrected chi connectivity index (χ4v) is 2.26. The van der Waals surface area contributed by atoms with Crippen molar-refractivity contribution in [1.82, 2.24) is 9.55 Å². The van der Waals surface area contributed by atoms with Crippen molar-refractivity contribution in [2.45, 2.75) is 44.1 Å². The molecule has 1 aliphatic heterocycles. The van der Waals surface area contributed by atoms with Crippen molar-refractivity contribution in [3.05, 3.63) is 22.7 Å². The number of carbonyl (C=O) groups is 2. The van der Waals surface area contributed by atoms with Crippen LogP contribution in [-0.2, 0) is 19.1 Å². The van der Waals surface area contributed by atoms with Crippen molar-refractivity contribution in [3.63, 3.8) is 0 Å². The van der Waals surface area contributed by atoms with Crippen LogP contribution in [0.5, 0.6) is 0 Å². The zero-order valence-electron chi connectivity index (χ0n) is 12.5. The lowest BCUT2D eigenvalue weighted by Gasteiger charge is -2.16. The van der Waals surface area contributed by atoms with Crippen molar-refractivity contribution >= 4 is 18.1 Å². The number of ether oxygens (including phenoxy) is 2. The molecule has 1 aromatic heterocycles. The first kappa shape index (κ1) is 17.1. The number of aldehydes is 1. The molecule has 1 fully saturated rings. The Hall–Kier alpha value is -2.26. The molecule has 0 aliphatic carbocycles. The van der Waals surface area contributed by atoms with Crippen molar-refractivity contribution in [2.24, 2.45) is 0 Å². The lowest BCUT2D eigenvalue weighted by molar-refractivity contribution is -0.150. The van der Waals surface area contributed by atoms with Crippen molar-refractivity contribution in [2.75, 3.05) is 12.3 Å². The van der Waals surface area contributed by atoms with E-state index in [4.69, 9.17) is 15.2 Å². The highest BCUT2D eigenvalue weighted by Gasteiger charge is 2.36. The summed E-state index contributed by atoms with van der Waals surface area (Å²) in [4.78, 5) is 37.0. The average Bonchev–Trinajstić information content (AvgIpc) is 2.86. The second kappa shape index (κ2) is 7.84. The fraction of sp³-hybridized carbons (Fsp3) is 0.571. The smallest absolute Gasteiger partial charge is 0.351 e. The van der Waals surface area contributed by atoms with E-state index in [2.05, 4.69) is 4.98 Å². The van der Waals surface area contributed by atoms with Gasteiger partial charge in [-0.3, -0.25) is 9.36 Å². The summed E-state index contributed by atoms with van der Waals surface area (Å²) in [5.74, 6) is -0.358. The Balaban J connectivity index is 1.87. The number of nitrogens with two attached hydrogens (primary N) is 1. The molecule has 0 aromatic carbocycles.